The number of pyridine rings is 1. The number of likely N-dealkylation sites (N-methyl/N-ethyl adjacent to an activating group) is 1. The summed E-state index contributed by atoms with van der Waals surface area (Å²) in [7, 11) is 1.95. The van der Waals surface area contributed by atoms with Crippen LogP contribution in [0, 0.1) is 5.82 Å². The van der Waals surface area contributed by atoms with Gasteiger partial charge in [0.15, 0.2) is 0 Å². The number of aromatic nitrogens is 1. The molecule has 4 amide bonds. The number of rotatable bonds is 10. The number of nitrogens with one attached hydrogen (secondary N) is 3. The lowest BCUT2D eigenvalue weighted by Gasteiger charge is -2.34. The first kappa shape index (κ1) is 30.5. The Balaban J connectivity index is 1.65. The summed E-state index contributed by atoms with van der Waals surface area (Å²) in [6, 6.07) is 3.54. The zero-order chi connectivity index (χ0) is 29.4. The number of carbonyl (C=O) groups is 4. The zero-order valence-corrected chi connectivity index (χ0v) is 22.5. The van der Waals surface area contributed by atoms with Crippen molar-refractivity contribution in [2.24, 2.45) is 0 Å². The third kappa shape index (κ3) is 7.78. The van der Waals surface area contributed by atoms with Gasteiger partial charge in [-0.05, 0) is 43.8 Å². The van der Waals surface area contributed by atoms with Crippen molar-refractivity contribution in [2.45, 2.75) is 44.7 Å². The molecule has 40 heavy (non-hydrogen) atoms. The Hall–Kier alpha value is -4.00. The highest BCUT2D eigenvalue weighted by Crippen LogP contribution is 2.27. The molecule has 2 aromatic rings. The first-order valence-electron chi connectivity index (χ1n) is 12.9. The summed E-state index contributed by atoms with van der Waals surface area (Å²) in [6.07, 6.45) is 2.43. The van der Waals surface area contributed by atoms with Gasteiger partial charge in [0.1, 0.15) is 17.9 Å². The summed E-state index contributed by atoms with van der Waals surface area (Å²) in [4.78, 5) is 57.3. The fraction of sp³-hybridized carbons (Fsp3) is 0.444. The van der Waals surface area contributed by atoms with Crippen molar-refractivity contribution < 1.29 is 32.3 Å². The summed E-state index contributed by atoms with van der Waals surface area (Å²) in [5, 5.41) is 6.92. The molecule has 1 aromatic carbocycles. The lowest BCUT2D eigenvalue weighted by molar-refractivity contribution is -0.148. The van der Waals surface area contributed by atoms with E-state index in [1.54, 1.807) is 11.8 Å². The molecule has 216 valence electrons. The van der Waals surface area contributed by atoms with Crippen LogP contribution in [0.25, 0.3) is 0 Å². The molecule has 13 heteroatoms. The lowest BCUT2D eigenvalue weighted by Crippen LogP contribution is -2.54. The third-order valence-corrected chi connectivity index (χ3v) is 6.57. The molecule has 1 aliphatic heterocycles. The number of piperazine rings is 1. The highest BCUT2D eigenvalue weighted by atomic mass is 19.3. The average molecular weight is 563 g/mol. The van der Waals surface area contributed by atoms with Crippen molar-refractivity contribution in [2.75, 3.05) is 38.5 Å². The van der Waals surface area contributed by atoms with Crippen LogP contribution >= 0.6 is 0 Å². The summed E-state index contributed by atoms with van der Waals surface area (Å²) < 4.78 is 43.8. The Morgan fingerprint density at radius 1 is 1.02 bits per heavy atom. The number of amides is 4. The van der Waals surface area contributed by atoms with Crippen LogP contribution in [0.1, 0.15) is 31.4 Å². The van der Waals surface area contributed by atoms with Gasteiger partial charge in [-0.15, -0.1) is 0 Å². The van der Waals surface area contributed by atoms with Gasteiger partial charge in [-0.25, -0.2) is 4.39 Å². The van der Waals surface area contributed by atoms with Crippen LogP contribution in [0.5, 0.6) is 0 Å². The van der Waals surface area contributed by atoms with Gasteiger partial charge in [0.2, 0.25) is 17.7 Å². The van der Waals surface area contributed by atoms with Crippen LogP contribution in [0.2, 0.25) is 0 Å². The van der Waals surface area contributed by atoms with Crippen molar-refractivity contribution in [3.05, 3.63) is 59.7 Å². The Kier molecular flexibility index (Phi) is 10.2. The molecule has 1 aliphatic rings. The average Bonchev–Trinajstić information content (AvgIpc) is 2.94. The van der Waals surface area contributed by atoms with Gasteiger partial charge in [-0.1, -0.05) is 13.0 Å². The van der Waals surface area contributed by atoms with Crippen LogP contribution in [0.3, 0.4) is 0 Å². The predicted molar refractivity (Wildman–Crippen MR) is 141 cm³/mol. The number of halogens is 3. The summed E-state index contributed by atoms with van der Waals surface area (Å²) >= 11 is 0. The summed E-state index contributed by atoms with van der Waals surface area (Å²) in [6.45, 7) is 5.26. The Labute approximate surface area is 230 Å². The van der Waals surface area contributed by atoms with Gasteiger partial charge in [0.05, 0.1) is 5.69 Å². The van der Waals surface area contributed by atoms with Gasteiger partial charge in [-0.2, -0.15) is 8.78 Å². The smallest absolute Gasteiger partial charge is 0.344 e. The molecular weight excluding hydrogens is 529 g/mol. The topological polar surface area (TPSA) is 124 Å². The molecule has 2 atom stereocenters. The third-order valence-electron chi connectivity index (χ3n) is 6.57. The van der Waals surface area contributed by atoms with Gasteiger partial charge >= 0.3 is 5.92 Å². The van der Waals surface area contributed by atoms with Crippen LogP contribution < -0.4 is 16.0 Å². The summed E-state index contributed by atoms with van der Waals surface area (Å²) in [5.74, 6) is -7.93. The SMILES string of the molecule is CCC(=O)N[C@H](Cc1ccc(NC(=O)[C@H](C)NC(=O)C(F)(F)c2ccncc2)c(F)c1)C(=O)N1CCN(C)CC1. The second kappa shape index (κ2) is 13.4. The molecule has 1 saturated heterocycles. The lowest BCUT2D eigenvalue weighted by atomic mass is 10.0. The van der Waals surface area contributed by atoms with Crippen molar-refractivity contribution in [1.82, 2.24) is 25.4 Å². The van der Waals surface area contributed by atoms with E-state index in [0.717, 1.165) is 30.6 Å². The zero-order valence-electron chi connectivity index (χ0n) is 22.5. The first-order chi connectivity index (χ1) is 18.9. The molecule has 1 fully saturated rings. The maximum absolute atomic E-state index is 14.9. The van der Waals surface area contributed by atoms with Gasteiger partial charge < -0.3 is 25.8 Å². The van der Waals surface area contributed by atoms with Crippen molar-refractivity contribution in [3.8, 4) is 0 Å². The van der Waals surface area contributed by atoms with E-state index in [1.807, 2.05) is 12.4 Å². The molecule has 10 nitrogen and oxygen atoms in total. The monoisotopic (exact) mass is 562 g/mol. The van der Waals surface area contributed by atoms with Crippen LogP contribution in [-0.4, -0.2) is 83.7 Å². The molecule has 3 N–H and O–H groups in total. The predicted octanol–water partition coefficient (Wildman–Crippen LogP) is 1.67. The van der Waals surface area contributed by atoms with Crippen molar-refractivity contribution in [3.63, 3.8) is 0 Å². The molecule has 0 bridgehead atoms. The van der Waals surface area contributed by atoms with Gasteiger partial charge in [0, 0.05) is 57.0 Å². The fourth-order valence-electron chi connectivity index (χ4n) is 4.05. The maximum Gasteiger partial charge on any atom is 0.349 e. The molecule has 3 rings (SSSR count). The Bertz CT molecular complexity index is 1220. The van der Waals surface area contributed by atoms with E-state index >= 15 is 0 Å². The maximum atomic E-state index is 14.9. The normalized spacial score (nSPS) is 15.6. The molecule has 0 aliphatic carbocycles. The number of benzene rings is 1. The van der Waals surface area contributed by atoms with E-state index < -0.39 is 41.2 Å². The van der Waals surface area contributed by atoms with Gasteiger partial charge in [-0.3, -0.25) is 24.2 Å². The van der Waals surface area contributed by atoms with Crippen LogP contribution in [-0.2, 0) is 31.5 Å². The van der Waals surface area contributed by atoms with Gasteiger partial charge in [0.25, 0.3) is 5.91 Å². The first-order valence-corrected chi connectivity index (χ1v) is 12.9. The number of alkyl halides is 2. The molecule has 0 radical (unpaired) electrons. The number of nitrogens with zero attached hydrogens (tertiary/aromatic N) is 3. The van der Waals surface area contributed by atoms with E-state index in [-0.39, 0.29) is 30.3 Å². The highest BCUT2D eigenvalue weighted by Gasteiger charge is 2.42. The molecule has 0 unspecified atom stereocenters. The van der Waals surface area contributed by atoms with Crippen molar-refractivity contribution in [1.29, 1.82) is 0 Å². The Morgan fingerprint density at radius 2 is 1.68 bits per heavy atom. The molecule has 0 spiro atoms. The molecule has 2 heterocycles. The quantitative estimate of drug-likeness (QED) is 0.405. The number of anilines is 1. The summed E-state index contributed by atoms with van der Waals surface area (Å²) in [5.41, 5.74) is -0.429. The van der Waals surface area contributed by atoms with E-state index in [2.05, 4.69) is 20.5 Å². The number of carbonyl (C=O) groups excluding carboxylic acids is 4. The van der Waals surface area contributed by atoms with E-state index in [1.165, 1.54) is 19.1 Å². The minimum absolute atomic E-state index is 0.0264. The molecule has 0 saturated carbocycles. The van der Waals surface area contributed by atoms with E-state index in [9.17, 15) is 32.3 Å². The molecule has 1 aromatic heterocycles. The van der Waals surface area contributed by atoms with Crippen LogP contribution in [0.15, 0.2) is 42.7 Å². The second-order valence-electron chi connectivity index (χ2n) is 9.62. The Morgan fingerprint density at radius 3 is 2.27 bits per heavy atom. The fourth-order valence-corrected chi connectivity index (χ4v) is 4.05. The van der Waals surface area contributed by atoms with E-state index in [4.69, 9.17) is 0 Å². The van der Waals surface area contributed by atoms with Crippen LogP contribution in [0.4, 0.5) is 18.9 Å². The minimum atomic E-state index is -3.91. The second-order valence-corrected chi connectivity index (χ2v) is 9.62. The van der Waals surface area contributed by atoms with Crippen molar-refractivity contribution >= 4 is 29.3 Å². The largest absolute Gasteiger partial charge is 0.349 e. The highest BCUT2D eigenvalue weighted by molar-refractivity contribution is 5.98. The standard InChI is InChI=1S/C27H33F3N6O4/c1-4-23(37)33-22(25(39)36-13-11-35(3)12-14-36)16-18-5-6-21(20(28)15-18)34-24(38)17(2)32-26(40)27(29,30)19-7-9-31-10-8-19/h5-10,15,17,22H,4,11-14,16H2,1-3H3,(H,32,40)(H,33,37)(H,34,38)/t17-,22+/m0/s1. The minimum Gasteiger partial charge on any atom is -0.344 e. The number of hydrogen-bond acceptors (Lipinski definition) is 6. The van der Waals surface area contributed by atoms with E-state index in [0.29, 0.717) is 31.7 Å². The molecular formula is C27H33F3N6O4. The number of hydrogen-bond donors (Lipinski definition) is 3.